The molecular weight excluding hydrogens is 327 g/mol. The second-order valence-electron chi connectivity index (χ2n) is 5.06. The molecule has 0 N–H and O–H groups in total. The fourth-order valence-electron chi connectivity index (χ4n) is 2.50. The van der Waals surface area contributed by atoms with E-state index < -0.39 is 32.2 Å². The number of halogens is 6. The number of carbonyl (C=O) groups excluding carboxylic acids is 1. The molecule has 20 heavy (non-hydrogen) atoms. The first-order valence-corrected chi connectivity index (χ1v) is 8.75. The molecule has 1 aliphatic carbocycles. The zero-order valence-corrected chi connectivity index (χ0v) is 12.8. The minimum absolute atomic E-state index is 0.176. The van der Waals surface area contributed by atoms with E-state index in [-0.39, 0.29) is 19.4 Å². The highest BCUT2D eigenvalue weighted by Gasteiger charge is 2.90. The maximum atomic E-state index is 13.0. The van der Waals surface area contributed by atoms with Gasteiger partial charge in [-0.1, -0.05) is 45.6 Å². The third-order valence-corrected chi connectivity index (χ3v) is 5.81. The summed E-state index contributed by atoms with van der Waals surface area (Å²) < 4.78 is 69.3. The third kappa shape index (κ3) is 3.69. The van der Waals surface area contributed by atoms with Gasteiger partial charge in [0.2, 0.25) is 0 Å². The minimum Gasteiger partial charge on any atom is -0.466 e. The van der Waals surface area contributed by atoms with Crippen LogP contribution in [0.3, 0.4) is 0 Å². The molecule has 1 rings (SSSR count). The summed E-state index contributed by atoms with van der Waals surface area (Å²) in [6.07, 6.45) is 1.26. The summed E-state index contributed by atoms with van der Waals surface area (Å²) >= 11 is 5.74. The zero-order valence-electron chi connectivity index (χ0n) is 11.2. The van der Waals surface area contributed by atoms with Gasteiger partial charge in [-0.15, -0.1) is 11.6 Å². The summed E-state index contributed by atoms with van der Waals surface area (Å²) in [4.78, 5) is 9.21. The molecule has 1 saturated carbocycles. The van der Waals surface area contributed by atoms with E-state index in [1.807, 2.05) is 6.92 Å². The Bertz CT molecular complexity index is 398. The van der Waals surface area contributed by atoms with Gasteiger partial charge < -0.3 is 4.74 Å². The maximum Gasteiger partial charge on any atom is 0.312 e. The number of alkyl halides is 1. The number of hydrogen-bond donors (Lipinski definition) is 0. The van der Waals surface area contributed by atoms with Crippen LogP contribution in [0.1, 0.15) is 39.5 Å². The van der Waals surface area contributed by atoms with Crippen LogP contribution in [0.2, 0.25) is 0 Å². The monoisotopic (exact) mass is 344 g/mol. The van der Waals surface area contributed by atoms with Gasteiger partial charge in [-0.05, 0) is 13.3 Å². The highest BCUT2D eigenvalue weighted by atomic mass is 35.5. The second kappa shape index (κ2) is 4.63. The molecule has 122 valence electrons. The molecule has 1 aliphatic rings. The van der Waals surface area contributed by atoms with Gasteiger partial charge in [0, 0.05) is 0 Å². The van der Waals surface area contributed by atoms with E-state index in [0.29, 0.717) is 12.8 Å². The van der Waals surface area contributed by atoms with Gasteiger partial charge in [0.25, 0.3) is 10.2 Å². The SMILES string of the molecule is CCCCC[C@@]1(Cl)[C@H](C(=O)OCC)[C@H]1S(F)(F)(F)(F)F. The smallest absolute Gasteiger partial charge is 0.312 e. The molecule has 9 heteroatoms. The molecule has 0 heterocycles. The predicted molar refractivity (Wildman–Crippen MR) is 69.8 cm³/mol. The average Bonchev–Trinajstić information content (AvgIpc) is 2.85. The number of unbranched alkanes of at least 4 members (excludes halogenated alkanes) is 2. The lowest BCUT2D eigenvalue weighted by Gasteiger charge is -2.42. The number of hydrogen-bond acceptors (Lipinski definition) is 2. The van der Waals surface area contributed by atoms with Crippen molar-refractivity contribution in [2.75, 3.05) is 6.61 Å². The molecule has 0 aromatic heterocycles. The van der Waals surface area contributed by atoms with Crippen molar-refractivity contribution in [2.45, 2.75) is 49.7 Å². The highest BCUT2D eigenvalue weighted by molar-refractivity contribution is 8.46. The molecule has 0 aromatic carbocycles. The first-order valence-electron chi connectivity index (χ1n) is 6.36. The molecule has 0 bridgehead atoms. The molecule has 0 spiro atoms. The Kier molecular flexibility index (Phi) is 4.12. The van der Waals surface area contributed by atoms with E-state index in [9.17, 15) is 24.2 Å². The van der Waals surface area contributed by atoms with Crippen molar-refractivity contribution in [1.82, 2.24) is 0 Å². The van der Waals surface area contributed by atoms with Gasteiger partial charge in [0.05, 0.1) is 17.4 Å². The van der Waals surface area contributed by atoms with Gasteiger partial charge >= 0.3 is 5.97 Å². The van der Waals surface area contributed by atoms with E-state index in [4.69, 9.17) is 11.6 Å². The fourth-order valence-corrected chi connectivity index (χ4v) is 5.28. The van der Waals surface area contributed by atoms with Crippen molar-refractivity contribution in [3.05, 3.63) is 0 Å². The van der Waals surface area contributed by atoms with Crippen LogP contribution >= 0.6 is 21.8 Å². The molecule has 2 nitrogen and oxygen atoms in total. The molecule has 0 aromatic rings. The first kappa shape index (κ1) is 17.8. The molecule has 3 atom stereocenters. The van der Waals surface area contributed by atoms with E-state index >= 15 is 0 Å². The van der Waals surface area contributed by atoms with Gasteiger partial charge in [0.15, 0.2) is 0 Å². The number of rotatable bonds is 7. The average molecular weight is 345 g/mol. The third-order valence-electron chi connectivity index (χ3n) is 3.37. The molecular formula is C11H18ClF5O2S. The van der Waals surface area contributed by atoms with Crippen LogP contribution in [0.25, 0.3) is 0 Å². The quantitative estimate of drug-likeness (QED) is 0.267. The zero-order chi connectivity index (χ0) is 15.9. The van der Waals surface area contributed by atoms with Crippen LogP contribution < -0.4 is 0 Å². The lowest BCUT2D eigenvalue weighted by molar-refractivity contribution is -0.144. The second-order valence-corrected chi connectivity index (χ2v) is 8.33. The van der Waals surface area contributed by atoms with Crippen LogP contribution in [0.15, 0.2) is 0 Å². The Morgan fingerprint density at radius 2 is 1.75 bits per heavy atom. The predicted octanol–water partition coefficient (Wildman–Crippen LogP) is 5.40. The molecule has 0 aliphatic heterocycles. The summed E-state index contributed by atoms with van der Waals surface area (Å²) in [6.45, 7) is 3.03. The van der Waals surface area contributed by atoms with Crippen molar-refractivity contribution >= 4 is 27.8 Å². The molecule has 0 radical (unpaired) electrons. The van der Waals surface area contributed by atoms with Crippen LogP contribution in [0.5, 0.6) is 0 Å². The number of ether oxygens (including phenoxy) is 1. The Labute approximate surface area is 119 Å². The maximum absolute atomic E-state index is 13.0. The standard InChI is InChI=1S/C11H18ClF5O2S/c1-3-5-6-7-11(12)8(10(18)19-4-2)9(11)20(13,14,15,16)17/h8-9H,3-7H2,1-2H3/t8-,9+,11+/m0/s1. The van der Waals surface area contributed by atoms with Crippen molar-refractivity contribution in [3.8, 4) is 0 Å². The first-order chi connectivity index (χ1) is 8.77. The van der Waals surface area contributed by atoms with Crippen LogP contribution in [-0.4, -0.2) is 22.7 Å². The molecule has 0 saturated heterocycles. The summed E-state index contributed by atoms with van der Waals surface area (Å²) in [5, 5.41) is -3.08. The molecule has 0 amide bonds. The van der Waals surface area contributed by atoms with E-state index in [0.717, 1.165) is 0 Å². The Morgan fingerprint density at radius 3 is 2.15 bits per heavy atom. The van der Waals surface area contributed by atoms with Crippen LogP contribution in [-0.2, 0) is 9.53 Å². The highest BCUT2D eigenvalue weighted by Crippen LogP contribution is 3.06. The van der Waals surface area contributed by atoms with Gasteiger partial charge in [-0.2, -0.15) is 0 Å². The lowest BCUT2D eigenvalue weighted by Crippen LogP contribution is -2.20. The van der Waals surface area contributed by atoms with Gasteiger partial charge in [0.1, 0.15) is 5.25 Å². The number of carbonyl (C=O) groups is 1. The normalized spacial score (nSPS) is 33.2. The Morgan fingerprint density at radius 1 is 1.20 bits per heavy atom. The van der Waals surface area contributed by atoms with Gasteiger partial charge in [-0.3, -0.25) is 4.79 Å². The topological polar surface area (TPSA) is 26.3 Å². The van der Waals surface area contributed by atoms with Crippen LogP contribution in [0.4, 0.5) is 19.4 Å². The lowest BCUT2D eigenvalue weighted by atomic mass is 10.1. The Hall–Kier alpha value is -0.240. The van der Waals surface area contributed by atoms with Crippen molar-refractivity contribution < 1.29 is 29.0 Å². The summed E-state index contributed by atoms with van der Waals surface area (Å²) in [7, 11) is -9.82. The molecule has 0 unspecified atom stereocenters. The summed E-state index contributed by atoms with van der Waals surface area (Å²) in [5.74, 6) is -3.30. The Balaban J connectivity index is 2.99. The van der Waals surface area contributed by atoms with Crippen LogP contribution in [0, 0.1) is 5.92 Å². The fraction of sp³-hybridized carbons (Fsp3) is 0.909. The van der Waals surface area contributed by atoms with E-state index in [1.54, 1.807) is 0 Å². The van der Waals surface area contributed by atoms with E-state index in [2.05, 4.69) is 4.74 Å². The van der Waals surface area contributed by atoms with Crippen molar-refractivity contribution in [2.24, 2.45) is 5.92 Å². The van der Waals surface area contributed by atoms with Crippen molar-refractivity contribution in [3.63, 3.8) is 0 Å². The minimum atomic E-state index is -9.82. The molecule has 1 fully saturated rings. The summed E-state index contributed by atoms with van der Waals surface area (Å²) in [5.41, 5.74) is 0. The van der Waals surface area contributed by atoms with Crippen molar-refractivity contribution in [1.29, 1.82) is 0 Å². The van der Waals surface area contributed by atoms with E-state index in [1.165, 1.54) is 6.92 Å². The van der Waals surface area contributed by atoms with Gasteiger partial charge in [-0.25, -0.2) is 0 Å². The summed E-state index contributed by atoms with van der Waals surface area (Å²) in [6, 6.07) is 0. The number of esters is 1. The largest absolute Gasteiger partial charge is 0.466 e.